The number of hydrogen-bond acceptors (Lipinski definition) is 6. The van der Waals surface area contributed by atoms with Crippen LogP contribution in [0.15, 0.2) is 76.4 Å². The van der Waals surface area contributed by atoms with E-state index in [-0.39, 0.29) is 19.8 Å². The molecule has 1 fully saturated rings. The van der Waals surface area contributed by atoms with E-state index in [1.807, 2.05) is 85.3 Å². The fourth-order valence-electron chi connectivity index (χ4n) is 4.40. The van der Waals surface area contributed by atoms with Gasteiger partial charge in [-0.2, -0.15) is 4.39 Å². The van der Waals surface area contributed by atoms with Crippen molar-refractivity contribution in [2.24, 2.45) is 0 Å². The van der Waals surface area contributed by atoms with Gasteiger partial charge in [-0.25, -0.2) is 9.18 Å². The van der Waals surface area contributed by atoms with Crippen LogP contribution in [0.5, 0.6) is 0 Å². The van der Waals surface area contributed by atoms with Gasteiger partial charge in [-0.15, -0.1) is 0 Å². The zero-order valence-corrected chi connectivity index (χ0v) is 22.6. The number of aromatic amines is 1. The van der Waals surface area contributed by atoms with Crippen LogP contribution in [0.1, 0.15) is 17.4 Å². The van der Waals surface area contributed by atoms with E-state index in [1.54, 1.807) is 0 Å². The van der Waals surface area contributed by atoms with Gasteiger partial charge >= 0.3 is 5.69 Å². The van der Waals surface area contributed by atoms with E-state index < -0.39 is 56.1 Å². The summed E-state index contributed by atoms with van der Waals surface area (Å²) in [6, 6.07) is 18.7. The Morgan fingerprint density at radius 1 is 1.00 bits per heavy atom. The number of rotatable bonds is 11. The van der Waals surface area contributed by atoms with Crippen LogP contribution in [-0.2, 0) is 31.9 Å². The van der Waals surface area contributed by atoms with Crippen LogP contribution in [0.4, 0.5) is 8.78 Å². The number of H-pyrrole nitrogens is 1. The number of nitrogens with one attached hydrogen (secondary N) is 1. The largest absolute Gasteiger partial charge is 0.407 e. The second-order valence-electron chi connectivity index (χ2n) is 10.2. The minimum atomic E-state index is -2.35. The molecule has 0 amide bonds. The molecule has 1 aliphatic rings. The molecule has 0 aliphatic carbocycles. The number of benzene rings is 2. The number of halogens is 2. The molecule has 38 heavy (non-hydrogen) atoms. The van der Waals surface area contributed by atoms with Crippen LogP contribution in [0.25, 0.3) is 0 Å². The molecule has 0 saturated carbocycles. The maximum atomic E-state index is 15.0. The van der Waals surface area contributed by atoms with Crippen LogP contribution >= 0.6 is 0 Å². The lowest BCUT2D eigenvalue weighted by molar-refractivity contribution is -0.165. The monoisotopic (exact) mass is 546 g/mol. The molecule has 4 atom stereocenters. The highest BCUT2D eigenvalue weighted by Gasteiger charge is 2.59. The Bertz CT molecular complexity index is 1310. The maximum Gasteiger partial charge on any atom is 0.330 e. The van der Waals surface area contributed by atoms with Crippen LogP contribution in [0.3, 0.4) is 0 Å². The quantitative estimate of drug-likeness (QED) is 0.367. The average Bonchev–Trinajstić information content (AvgIpc) is 3.18. The fourth-order valence-corrected chi connectivity index (χ4v) is 5.46. The summed E-state index contributed by atoms with van der Waals surface area (Å²) in [4.78, 5) is 26.3. The van der Waals surface area contributed by atoms with Gasteiger partial charge in [0.15, 0.2) is 20.1 Å². The van der Waals surface area contributed by atoms with Gasteiger partial charge in [0.1, 0.15) is 18.9 Å². The first-order chi connectivity index (χ1) is 18.1. The average molecular weight is 547 g/mol. The molecule has 0 spiro atoms. The number of alkyl halides is 1. The van der Waals surface area contributed by atoms with Crippen molar-refractivity contribution in [3.63, 3.8) is 0 Å². The first-order valence-corrected chi connectivity index (χ1v) is 15.7. The van der Waals surface area contributed by atoms with Gasteiger partial charge in [-0.3, -0.25) is 14.3 Å². The van der Waals surface area contributed by atoms with Crippen LogP contribution in [0.2, 0.25) is 19.6 Å². The summed E-state index contributed by atoms with van der Waals surface area (Å²) < 4.78 is 55.0. The molecule has 0 bridgehead atoms. The van der Waals surface area contributed by atoms with Crippen LogP contribution in [-0.4, -0.2) is 49.0 Å². The lowest BCUT2D eigenvalue weighted by Crippen LogP contribution is -2.52. The van der Waals surface area contributed by atoms with Gasteiger partial charge in [0.05, 0.1) is 26.0 Å². The Balaban J connectivity index is 1.72. The molecule has 1 aliphatic heterocycles. The number of ether oxygens (including phenoxy) is 3. The van der Waals surface area contributed by atoms with E-state index in [2.05, 4.69) is 0 Å². The third-order valence-electron chi connectivity index (χ3n) is 6.10. The second-order valence-corrected chi connectivity index (χ2v) is 14.7. The molecule has 1 N–H and O–H groups in total. The molecule has 204 valence electrons. The molecule has 1 unspecified atom stereocenters. The van der Waals surface area contributed by atoms with E-state index in [0.717, 1.165) is 21.9 Å². The first kappa shape index (κ1) is 28.1. The third-order valence-corrected chi connectivity index (χ3v) is 7.08. The molecular weight excluding hydrogens is 514 g/mol. The maximum absolute atomic E-state index is 15.0. The van der Waals surface area contributed by atoms with E-state index in [9.17, 15) is 14.0 Å². The summed E-state index contributed by atoms with van der Waals surface area (Å²) in [7, 11) is -2.35. The Morgan fingerprint density at radius 2 is 1.61 bits per heavy atom. The predicted octanol–water partition coefficient (Wildman–Crippen LogP) is 3.94. The zero-order chi connectivity index (χ0) is 27.3. The molecule has 2 aromatic carbocycles. The van der Waals surface area contributed by atoms with Gasteiger partial charge in [0.2, 0.25) is 5.82 Å². The van der Waals surface area contributed by atoms with Crippen molar-refractivity contribution in [3.8, 4) is 0 Å². The Hall–Kier alpha value is -2.96. The topological polar surface area (TPSA) is 91.8 Å². The van der Waals surface area contributed by atoms with E-state index in [0.29, 0.717) is 0 Å². The second kappa shape index (κ2) is 11.8. The van der Waals surface area contributed by atoms with Crippen molar-refractivity contribution < 1.29 is 27.4 Å². The van der Waals surface area contributed by atoms with Crippen molar-refractivity contribution in [2.75, 3.05) is 13.3 Å². The molecule has 11 heteroatoms. The van der Waals surface area contributed by atoms with Gasteiger partial charge in [-0.05, 0) is 30.8 Å². The third kappa shape index (κ3) is 6.53. The molecule has 4 rings (SSSR count). The lowest BCUT2D eigenvalue weighted by atomic mass is 9.97. The van der Waals surface area contributed by atoms with Crippen molar-refractivity contribution in [3.05, 3.63) is 105 Å². The summed E-state index contributed by atoms with van der Waals surface area (Å²) in [5.74, 6) is -1.18. The van der Waals surface area contributed by atoms with Crippen molar-refractivity contribution in [1.29, 1.82) is 0 Å². The summed E-state index contributed by atoms with van der Waals surface area (Å²) in [6.07, 6.45) is -2.55. The summed E-state index contributed by atoms with van der Waals surface area (Å²) in [5, 5.41) is 0. The summed E-state index contributed by atoms with van der Waals surface area (Å²) in [5.41, 5.74) is -2.02. The summed E-state index contributed by atoms with van der Waals surface area (Å²) >= 11 is 0. The van der Waals surface area contributed by atoms with Crippen molar-refractivity contribution in [1.82, 2.24) is 9.55 Å². The van der Waals surface area contributed by atoms with Crippen LogP contribution < -0.4 is 11.2 Å². The van der Waals surface area contributed by atoms with E-state index >= 15 is 4.39 Å². The van der Waals surface area contributed by atoms with Gasteiger partial charge in [0.25, 0.3) is 5.56 Å². The summed E-state index contributed by atoms with van der Waals surface area (Å²) in [6.45, 7) is 4.84. The smallest absolute Gasteiger partial charge is 0.330 e. The van der Waals surface area contributed by atoms with Crippen molar-refractivity contribution in [2.45, 2.75) is 56.9 Å². The highest BCUT2D eigenvalue weighted by atomic mass is 28.4. The Morgan fingerprint density at radius 3 is 2.18 bits per heavy atom. The SMILES string of the molecule is C[Si](C)(C)OC1[C@H](n2cc(F)c(=O)[nH]c2=O)O[C@](CF)(COCc2ccccc2)[C@H]1OCc1ccccc1. The zero-order valence-electron chi connectivity index (χ0n) is 21.6. The lowest BCUT2D eigenvalue weighted by Gasteiger charge is -2.34. The number of aromatic nitrogens is 2. The molecule has 1 aromatic heterocycles. The first-order valence-electron chi connectivity index (χ1n) is 12.3. The normalized spacial score (nSPS) is 23.6. The molecule has 0 radical (unpaired) electrons. The molecule has 2 heterocycles. The molecule has 3 aromatic rings. The number of hydrogen-bond donors (Lipinski definition) is 1. The molecule has 8 nitrogen and oxygen atoms in total. The number of nitrogens with zero attached hydrogens (tertiary/aromatic N) is 1. The highest BCUT2D eigenvalue weighted by Crippen LogP contribution is 2.42. The Labute approximate surface area is 220 Å². The van der Waals surface area contributed by atoms with Gasteiger partial charge in [-0.1, -0.05) is 60.7 Å². The predicted molar refractivity (Wildman–Crippen MR) is 139 cm³/mol. The van der Waals surface area contributed by atoms with Crippen LogP contribution in [0, 0.1) is 5.82 Å². The minimum absolute atomic E-state index is 0.114. The molecule has 1 saturated heterocycles. The standard InChI is InChI=1S/C27H32F2N2O6Si/c1-38(2,3)37-22-23(35-16-20-12-8-5-9-13-20)27(17-28,18-34-15-19-10-6-4-7-11-19)36-25(22)31-14-21(29)24(32)30-26(31)33/h4-14,22-23,25H,15-18H2,1-3H3,(H,30,32,33)/t22?,23-,25+,27+/m0/s1. The minimum Gasteiger partial charge on any atom is -0.407 e. The Kier molecular flexibility index (Phi) is 8.73. The van der Waals surface area contributed by atoms with Gasteiger partial charge in [0, 0.05) is 0 Å². The van der Waals surface area contributed by atoms with E-state index in [1.165, 1.54) is 0 Å². The van der Waals surface area contributed by atoms with Crippen molar-refractivity contribution >= 4 is 8.32 Å². The molecular formula is C27H32F2N2O6Si. The fraction of sp³-hybridized carbons (Fsp3) is 0.407. The highest BCUT2D eigenvalue weighted by molar-refractivity contribution is 6.69. The van der Waals surface area contributed by atoms with Gasteiger partial charge < -0.3 is 18.6 Å². The van der Waals surface area contributed by atoms with E-state index in [4.69, 9.17) is 18.6 Å².